The number of nitrogens with zero attached hydrogens (tertiary/aromatic N) is 2. The first kappa shape index (κ1) is 12.2. The van der Waals surface area contributed by atoms with E-state index in [1.54, 1.807) is 19.5 Å². The first-order chi connectivity index (χ1) is 7.79. The van der Waals surface area contributed by atoms with Crippen molar-refractivity contribution in [3.05, 3.63) is 30.4 Å². The van der Waals surface area contributed by atoms with Crippen LogP contribution in [-0.4, -0.2) is 22.1 Å². The Hall–Kier alpha value is -1.84. The van der Waals surface area contributed by atoms with Gasteiger partial charge in [0.1, 0.15) is 5.82 Å². The molecule has 0 atom stereocenters. The monoisotopic (exact) mass is 219 g/mol. The second kappa shape index (κ2) is 5.90. The third kappa shape index (κ3) is 2.82. The molecule has 2 aromatic heterocycles. The maximum atomic E-state index is 4.97. The van der Waals surface area contributed by atoms with Gasteiger partial charge in [-0.25, -0.2) is 9.97 Å². The minimum absolute atomic E-state index is 0.616. The average Bonchev–Trinajstić information content (AvgIpc) is 2.79. The average molecular weight is 219 g/mol. The van der Waals surface area contributed by atoms with E-state index in [4.69, 9.17) is 4.74 Å². The van der Waals surface area contributed by atoms with Crippen molar-refractivity contribution in [1.82, 2.24) is 15.0 Å². The minimum Gasteiger partial charge on any atom is -0.481 e. The molecule has 2 aromatic rings. The highest BCUT2D eigenvalue weighted by Gasteiger charge is 2.01. The van der Waals surface area contributed by atoms with Gasteiger partial charge < -0.3 is 9.72 Å². The van der Waals surface area contributed by atoms with E-state index in [-0.39, 0.29) is 0 Å². The molecule has 0 unspecified atom stereocenters. The second-order valence-corrected chi connectivity index (χ2v) is 2.97. The van der Waals surface area contributed by atoms with Crippen LogP contribution in [0, 0.1) is 6.92 Å². The summed E-state index contributed by atoms with van der Waals surface area (Å²) in [4.78, 5) is 11.4. The molecule has 0 aliphatic carbocycles. The molecular weight excluding hydrogens is 202 g/mol. The lowest BCUT2D eigenvalue weighted by Crippen LogP contribution is -1.87. The standard InChI is InChI=1S/C10H11N3O.C2H6/c1-7-11-6-9(13-7)8-3-4-10(14-2)12-5-8;1-2/h3-6H,1-2H3,(H,11,13);1-2H3. The molecule has 0 aromatic carbocycles. The molecule has 1 N–H and O–H groups in total. The second-order valence-electron chi connectivity index (χ2n) is 2.97. The molecule has 0 saturated carbocycles. The Kier molecular flexibility index (Phi) is 4.51. The van der Waals surface area contributed by atoms with Crippen molar-refractivity contribution in [2.45, 2.75) is 20.8 Å². The number of pyridine rings is 1. The van der Waals surface area contributed by atoms with Gasteiger partial charge in [0.25, 0.3) is 0 Å². The van der Waals surface area contributed by atoms with Crippen molar-refractivity contribution >= 4 is 0 Å². The zero-order chi connectivity index (χ0) is 12.0. The van der Waals surface area contributed by atoms with E-state index in [9.17, 15) is 0 Å². The van der Waals surface area contributed by atoms with Crippen molar-refractivity contribution in [2.75, 3.05) is 7.11 Å². The fourth-order valence-corrected chi connectivity index (χ4v) is 1.23. The summed E-state index contributed by atoms with van der Waals surface area (Å²) in [5.41, 5.74) is 1.98. The highest BCUT2D eigenvalue weighted by atomic mass is 16.5. The molecule has 4 heteroatoms. The molecular formula is C12H17N3O. The van der Waals surface area contributed by atoms with E-state index >= 15 is 0 Å². The summed E-state index contributed by atoms with van der Waals surface area (Å²) >= 11 is 0. The zero-order valence-electron chi connectivity index (χ0n) is 10.1. The van der Waals surface area contributed by atoms with E-state index in [0.717, 1.165) is 17.1 Å². The summed E-state index contributed by atoms with van der Waals surface area (Å²) in [6, 6.07) is 3.77. The van der Waals surface area contributed by atoms with Gasteiger partial charge in [-0.3, -0.25) is 0 Å². The number of hydrogen-bond donors (Lipinski definition) is 1. The van der Waals surface area contributed by atoms with Crippen LogP contribution in [0.4, 0.5) is 0 Å². The minimum atomic E-state index is 0.616. The summed E-state index contributed by atoms with van der Waals surface area (Å²) in [6.07, 6.45) is 3.55. The van der Waals surface area contributed by atoms with Crippen LogP contribution in [0.5, 0.6) is 5.88 Å². The lowest BCUT2D eigenvalue weighted by molar-refractivity contribution is 0.398. The Bertz CT molecular complexity index is 420. The molecule has 2 heterocycles. The van der Waals surface area contributed by atoms with E-state index in [1.807, 2.05) is 32.9 Å². The van der Waals surface area contributed by atoms with Crippen LogP contribution in [-0.2, 0) is 0 Å². The number of aryl methyl sites for hydroxylation is 1. The van der Waals surface area contributed by atoms with Crippen LogP contribution in [0.15, 0.2) is 24.5 Å². The van der Waals surface area contributed by atoms with Gasteiger partial charge in [0.15, 0.2) is 0 Å². The Morgan fingerprint density at radius 2 is 1.88 bits per heavy atom. The van der Waals surface area contributed by atoms with Gasteiger partial charge in [-0.2, -0.15) is 0 Å². The van der Waals surface area contributed by atoms with Gasteiger partial charge in [0, 0.05) is 17.8 Å². The Morgan fingerprint density at radius 3 is 2.31 bits per heavy atom. The van der Waals surface area contributed by atoms with E-state index in [1.165, 1.54) is 0 Å². The number of hydrogen-bond acceptors (Lipinski definition) is 3. The molecule has 86 valence electrons. The Morgan fingerprint density at radius 1 is 1.12 bits per heavy atom. The lowest BCUT2D eigenvalue weighted by atomic mass is 10.2. The van der Waals surface area contributed by atoms with Crippen molar-refractivity contribution in [2.24, 2.45) is 0 Å². The van der Waals surface area contributed by atoms with E-state index in [2.05, 4.69) is 15.0 Å². The molecule has 2 rings (SSSR count). The number of nitrogens with one attached hydrogen (secondary N) is 1. The van der Waals surface area contributed by atoms with Crippen LogP contribution in [0.25, 0.3) is 11.3 Å². The Balaban J connectivity index is 0.000000606. The smallest absolute Gasteiger partial charge is 0.212 e. The molecule has 0 bridgehead atoms. The van der Waals surface area contributed by atoms with Crippen molar-refractivity contribution in [3.63, 3.8) is 0 Å². The van der Waals surface area contributed by atoms with Crippen molar-refractivity contribution in [3.8, 4) is 17.1 Å². The SMILES string of the molecule is CC.COc1ccc(-c2cnc(C)[nH]2)cn1. The van der Waals surface area contributed by atoms with Gasteiger partial charge in [-0.1, -0.05) is 13.8 Å². The number of methoxy groups -OCH3 is 1. The number of rotatable bonds is 2. The molecule has 16 heavy (non-hydrogen) atoms. The van der Waals surface area contributed by atoms with Crippen LogP contribution in [0.3, 0.4) is 0 Å². The maximum Gasteiger partial charge on any atom is 0.212 e. The largest absolute Gasteiger partial charge is 0.481 e. The predicted octanol–water partition coefficient (Wildman–Crippen LogP) is 2.81. The summed E-state index contributed by atoms with van der Waals surface area (Å²) in [6.45, 7) is 5.92. The molecule has 0 fully saturated rings. The highest BCUT2D eigenvalue weighted by Crippen LogP contribution is 2.17. The van der Waals surface area contributed by atoms with Crippen LogP contribution < -0.4 is 4.74 Å². The summed E-state index contributed by atoms with van der Waals surface area (Å²) in [5, 5.41) is 0. The highest BCUT2D eigenvalue weighted by molar-refractivity contribution is 5.57. The van der Waals surface area contributed by atoms with Crippen molar-refractivity contribution in [1.29, 1.82) is 0 Å². The predicted molar refractivity (Wildman–Crippen MR) is 64.5 cm³/mol. The molecule has 0 aliphatic rings. The van der Waals surface area contributed by atoms with E-state index in [0.29, 0.717) is 5.88 Å². The van der Waals surface area contributed by atoms with Crippen LogP contribution in [0.2, 0.25) is 0 Å². The number of aromatic nitrogens is 3. The number of aromatic amines is 1. The van der Waals surface area contributed by atoms with Gasteiger partial charge in [0.2, 0.25) is 5.88 Å². The Labute approximate surface area is 95.7 Å². The molecule has 0 radical (unpaired) electrons. The summed E-state index contributed by atoms with van der Waals surface area (Å²) in [5.74, 6) is 1.51. The molecule has 0 aliphatic heterocycles. The topological polar surface area (TPSA) is 50.8 Å². The van der Waals surface area contributed by atoms with Gasteiger partial charge in [0.05, 0.1) is 19.0 Å². The van der Waals surface area contributed by atoms with E-state index < -0.39 is 0 Å². The van der Waals surface area contributed by atoms with Crippen LogP contribution >= 0.6 is 0 Å². The molecule has 0 saturated heterocycles. The molecule has 0 spiro atoms. The quantitative estimate of drug-likeness (QED) is 0.845. The fraction of sp³-hybridized carbons (Fsp3) is 0.333. The van der Waals surface area contributed by atoms with Gasteiger partial charge >= 0.3 is 0 Å². The number of ether oxygens (including phenoxy) is 1. The normalized spacial score (nSPS) is 9.25. The number of H-pyrrole nitrogens is 1. The first-order valence-electron chi connectivity index (χ1n) is 5.31. The fourth-order valence-electron chi connectivity index (χ4n) is 1.23. The first-order valence-corrected chi connectivity index (χ1v) is 5.31. The number of imidazole rings is 1. The third-order valence-corrected chi connectivity index (χ3v) is 1.96. The van der Waals surface area contributed by atoms with Gasteiger partial charge in [-0.15, -0.1) is 0 Å². The third-order valence-electron chi connectivity index (χ3n) is 1.96. The summed E-state index contributed by atoms with van der Waals surface area (Å²) in [7, 11) is 1.60. The lowest BCUT2D eigenvalue weighted by Gasteiger charge is -1.99. The maximum absolute atomic E-state index is 4.97. The molecule has 0 amide bonds. The van der Waals surface area contributed by atoms with Crippen LogP contribution in [0.1, 0.15) is 19.7 Å². The van der Waals surface area contributed by atoms with Gasteiger partial charge in [-0.05, 0) is 13.0 Å². The zero-order valence-corrected chi connectivity index (χ0v) is 10.1. The summed E-state index contributed by atoms with van der Waals surface area (Å²) < 4.78 is 4.97. The van der Waals surface area contributed by atoms with Crippen molar-refractivity contribution < 1.29 is 4.74 Å². The molecule has 4 nitrogen and oxygen atoms in total.